The summed E-state index contributed by atoms with van der Waals surface area (Å²) in [6, 6.07) is 0. The first-order valence-electron chi connectivity index (χ1n) is 4.73. The monoisotopic (exact) mass is 181 g/mol. The molecule has 1 aromatic rings. The second kappa shape index (κ2) is 3.92. The second-order valence-electron chi connectivity index (χ2n) is 4.29. The van der Waals surface area contributed by atoms with Crippen LogP contribution in [0, 0.1) is 12.3 Å². The maximum atomic E-state index is 5.66. The number of imidazole rings is 1. The molecule has 0 fully saturated rings. The summed E-state index contributed by atoms with van der Waals surface area (Å²) in [5.41, 5.74) is 5.89. The highest BCUT2D eigenvalue weighted by molar-refractivity contribution is 4.88. The summed E-state index contributed by atoms with van der Waals surface area (Å²) in [5.74, 6) is 1.08. The minimum atomic E-state index is 0.233. The van der Waals surface area contributed by atoms with Crippen LogP contribution in [-0.4, -0.2) is 16.1 Å². The average Bonchev–Trinajstić information content (AvgIpc) is 2.48. The molecule has 0 aliphatic carbocycles. The number of rotatable bonds is 4. The van der Waals surface area contributed by atoms with E-state index in [1.165, 1.54) is 0 Å². The van der Waals surface area contributed by atoms with Crippen molar-refractivity contribution in [1.82, 2.24) is 9.55 Å². The van der Waals surface area contributed by atoms with Gasteiger partial charge in [-0.3, -0.25) is 0 Å². The van der Waals surface area contributed by atoms with Crippen molar-refractivity contribution in [3.63, 3.8) is 0 Å². The Labute approximate surface area is 80.0 Å². The van der Waals surface area contributed by atoms with Gasteiger partial charge in [0.25, 0.3) is 0 Å². The molecular formula is C10H19N3. The largest absolute Gasteiger partial charge is 0.335 e. The van der Waals surface area contributed by atoms with Gasteiger partial charge in [0.2, 0.25) is 0 Å². The van der Waals surface area contributed by atoms with Crippen LogP contribution in [-0.2, 0) is 6.54 Å². The Hall–Kier alpha value is -0.830. The number of hydrogen-bond acceptors (Lipinski definition) is 2. The van der Waals surface area contributed by atoms with Gasteiger partial charge in [-0.15, -0.1) is 0 Å². The molecule has 2 N–H and O–H groups in total. The van der Waals surface area contributed by atoms with E-state index in [1.807, 2.05) is 19.3 Å². The SMILES string of the molecule is Cc1nccn1CCC(C)(C)CN. The van der Waals surface area contributed by atoms with Gasteiger partial charge in [0, 0.05) is 18.9 Å². The molecule has 0 aromatic carbocycles. The molecule has 0 amide bonds. The Kier molecular flexibility index (Phi) is 3.09. The van der Waals surface area contributed by atoms with Crippen LogP contribution in [0.3, 0.4) is 0 Å². The minimum Gasteiger partial charge on any atom is -0.335 e. The lowest BCUT2D eigenvalue weighted by molar-refractivity contribution is 0.323. The van der Waals surface area contributed by atoms with Crippen LogP contribution in [0.2, 0.25) is 0 Å². The summed E-state index contributed by atoms with van der Waals surface area (Å²) in [4.78, 5) is 4.17. The second-order valence-corrected chi connectivity index (χ2v) is 4.29. The minimum absolute atomic E-state index is 0.233. The smallest absolute Gasteiger partial charge is 0.105 e. The number of nitrogens with zero attached hydrogens (tertiary/aromatic N) is 2. The molecule has 0 aliphatic rings. The van der Waals surface area contributed by atoms with E-state index in [9.17, 15) is 0 Å². The molecule has 1 aromatic heterocycles. The molecule has 3 heteroatoms. The Bertz CT molecular complexity index is 263. The van der Waals surface area contributed by atoms with Crippen LogP contribution in [0.5, 0.6) is 0 Å². The van der Waals surface area contributed by atoms with Gasteiger partial charge in [0.1, 0.15) is 5.82 Å². The van der Waals surface area contributed by atoms with Crippen molar-refractivity contribution in [2.24, 2.45) is 11.1 Å². The highest BCUT2D eigenvalue weighted by Gasteiger charge is 2.15. The first kappa shape index (κ1) is 10.3. The number of aryl methyl sites for hydroxylation is 2. The van der Waals surface area contributed by atoms with Crippen LogP contribution in [0.15, 0.2) is 12.4 Å². The van der Waals surface area contributed by atoms with E-state index < -0.39 is 0 Å². The van der Waals surface area contributed by atoms with E-state index in [0.717, 1.165) is 25.3 Å². The fourth-order valence-corrected chi connectivity index (χ4v) is 1.17. The van der Waals surface area contributed by atoms with Gasteiger partial charge < -0.3 is 10.3 Å². The molecular weight excluding hydrogens is 162 g/mol. The van der Waals surface area contributed by atoms with E-state index in [2.05, 4.69) is 23.4 Å². The first-order valence-corrected chi connectivity index (χ1v) is 4.73. The van der Waals surface area contributed by atoms with Gasteiger partial charge in [-0.25, -0.2) is 4.98 Å². The van der Waals surface area contributed by atoms with Crippen molar-refractivity contribution in [3.05, 3.63) is 18.2 Å². The van der Waals surface area contributed by atoms with E-state index in [4.69, 9.17) is 5.73 Å². The lowest BCUT2D eigenvalue weighted by atomic mass is 9.90. The van der Waals surface area contributed by atoms with Crippen molar-refractivity contribution in [1.29, 1.82) is 0 Å². The zero-order valence-electron chi connectivity index (χ0n) is 8.75. The molecule has 3 nitrogen and oxygen atoms in total. The van der Waals surface area contributed by atoms with Gasteiger partial charge in [0.15, 0.2) is 0 Å². The lowest BCUT2D eigenvalue weighted by Crippen LogP contribution is -2.25. The van der Waals surface area contributed by atoms with Crippen molar-refractivity contribution < 1.29 is 0 Å². The fourth-order valence-electron chi connectivity index (χ4n) is 1.17. The zero-order valence-corrected chi connectivity index (χ0v) is 8.75. The number of aromatic nitrogens is 2. The molecule has 0 aliphatic heterocycles. The lowest BCUT2D eigenvalue weighted by Gasteiger charge is -2.22. The molecule has 0 atom stereocenters. The van der Waals surface area contributed by atoms with Gasteiger partial charge in [-0.05, 0) is 25.3 Å². The molecule has 0 spiro atoms. The Morgan fingerprint density at radius 1 is 1.54 bits per heavy atom. The van der Waals surface area contributed by atoms with Crippen LogP contribution >= 0.6 is 0 Å². The Morgan fingerprint density at radius 3 is 2.69 bits per heavy atom. The first-order chi connectivity index (χ1) is 6.05. The van der Waals surface area contributed by atoms with Crippen LogP contribution in [0.4, 0.5) is 0 Å². The van der Waals surface area contributed by atoms with Crippen LogP contribution in [0.25, 0.3) is 0 Å². The molecule has 1 rings (SSSR count). The quantitative estimate of drug-likeness (QED) is 0.766. The topological polar surface area (TPSA) is 43.8 Å². The van der Waals surface area contributed by atoms with Gasteiger partial charge >= 0.3 is 0 Å². The highest BCUT2D eigenvalue weighted by Crippen LogP contribution is 2.19. The molecule has 74 valence electrons. The molecule has 0 radical (unpaired) electrons. The molecule has 0 saturated heterocycles. The third-order valence-corrected chi connectivity index (χ3v) is 2.51. The molecule has 0 saturated carbocycles. The van der Waals surface area contributed by atoms with Crippen molar-refractivity contribution in [2.45, 2.75) is 33.7 Å². The molecule has 0 unspecified atom stereocenters. The summed E-state index contributed by atoms with van der Waals surface area (Å²) < 4.78 is 2.16. The predicted molar refractivity (Wildman–Crippen MR) is 54.4 cm³/mol. The summed E-state index contributed by atoms with van der Waals surface area (Å²) in [6.07, 6.45) is 4.95. The standard InChI is InChI=1S/C10H19N3/c1-9-12-5-7-13(9)6-4-10(2,3)8-11/h5,7H,4,6,8,11H2,1-3H3. The zero-order chi connectivity index (χ0) is 9.90. The van der Waals surface area contributed by atoms with Gasteiger partial charge in [-0.2, -0.15) is 0 Å². The number of hydrogen-bond donors (Lipinski definition) is 1. The third-order valence-electron chi connectivity index (χ3n) is 2.51. The normalized spacial score (nSPS) is 12.0. The Balaban J connectivity index is 2.48. The van der Waals surface area contributed by atoms with E-state index in [-0.39, 0.29) is 5.41 Å². The Morgan fingerprint density at radius 2 is 2.23 bits per heavy atom. The summed E-state index contributed by atoms with van der Waals surface area (Å²) in [7, 11) is 0. The van der Waals surface area contributed by atoms with Crippen LogP contribution in [0.1, 0.15) is 26.1 Å². The summed E-state index contributed by atoms with van der Waals surface area (Å²) >= 11 is 0. The predicted octanol–water partition coefficient (Wildman–Crippen LogP) is 1.57. The highest BCUT2D eigenvalue weighted by atomic mass is 15.0. The van der Waals surface area contributed by atoms with Crippen molar-refractivity contribution in [2.75, 3.05) is 6.54 Å². The average molecular weight is 181 g/mol. The summed E-state index contributed by atoms with van der Waals surface area (Å²) in [6.45, 7) is 8.16. The third kappa shape index (κ3) is 2.84. The molecule has 0 bridgehead atoms. The van der Waals surface area contributed by atoms with E-state index in [1.54, 1.807) is 0 Å². The maximum Gasteiger partial charge on any atom is 0.105 e. The van der Waals surface area contributed by atoms with Crippen molar-refractivity contribution in [3.8, 4) is 0 Å². The summed E-state index contributed by atoms with van der Waals surface area (Å²) in [5, 5.41) is 0. The van der Waals surface area contributed by atoms with E-state index >= 15 is 0 Å². The maximum absolute atomic E-state index is 5.66. The molecule has 13 heavy (non-hydrogen) atoms. The van der Waals surface area contributed by atoms with Gasteiger partial charge in [-0.1, -0.05) is 13.8 Å². The molecule has 1 heterocycles. The van der Waals surface area contributed by atoms with Gasteiger partial charge in [0.05, 0.1) is 0 Å². The number of nitrogens with two attached hydrogens (primary N) is 1. The van der Waals surface area contributed by atoms with Crippen LogP contribution < -0.4 is 5.73 Å². The fraction of sp³-hybridized carbons (Fsp3) is 0.700. The van der Waals surface area contributed by atoms with E-state index in [0.29, 0.717) is 0 Å². The van der Waals surface area contributed by atoms with Crippen molar-refractivity contribution >= 4 is 0 Å².